The van der Waals surface area contributed by atoms with Crippen molar-refractivity contribution in [1.29, 1.82) is 0 Å². The van der Waals surface area contributed by atoms with E-state index in [0.29, 0.717) is 17.3 Å². The molecule has 0 bridgehead atoms. The lowest BCUT2D eigenvalue weighted by atomic mass is 10.2. The number of anilines is 2. The number of sulfonamides is 1. The van der Waals surface area contributed by atoms with E-state index in [-0.39, 0.29) is 22.0 Å². The van der Waals surface area contributed by atoms with Crippen LogP contribution in [0.3, 0.4) is 0 Å². The SMILES string of the molecule is COc1cccc(-c2ncc(C(=O)Nc3ccc(OC)c(S(=O)(=O)Nc4ccc(Br)cc4)c3)[nH]2)c1. The van der Waals surface area contributed by atoms with Crippen LogP contribution in [0.15, 0.2) is 82.3 Å². The Morgan fingerprint density at radius 3 is 2.43 bits per heavy atom. The van der Waals surface area contributed by atoms with Crippen molar-refractivity contribution in [1.82, 2.24) is 9.97 Å². The second-order valence-corrected chi connectivity index (χ2v) is 9.88. The van der Waals surface area contributed by atoms with Crippen LogP contribution < -0.4 is 19.5 Å². The number of hydrogen-bond donors (Lipinski definition) is 3. The minimum Gasteiger partial charge on any atom is -0.497 e. The summed E-state index contributed by atoms with van der Waals surface area (Å²) in [7, 11) is -1.06. The fourth-order valence-corrected chi connectivity index (χ4v) is 4.76. The van der Waals surface area contributed by atoms with Crippen LogP contribution in [0.5, 0.6) is 11.5 Å². The van der Waals surface area contributed by atoms with Crippen LogP contribution in [-0.2, 0) is 10.0 Å². The van der Waals surface area contributed by atoms with Crippen LogP contribution in [0.2, 0.25) is 0 Å². The van der Waals surface area contributed by atoms with Gasteiger partial charge in [-0.15, -0.1) is 0 Å². The fourth-order valence-electron chi connectivity index (χ4n) is 3.24. The average Bonchev–Trinajstić information content (AvgIpc) is 3.36. The molecule has 11 heteroatoms. The molecule has 0 aliphatic carbocycles. The average molecular weight is 557 g/mol. The van der Waals surface area contributed by atoms with Crippen LogP contribution in [-0.4, -0.2) is 38.5 Å². The van der Waals surface area contributed by atoms with Crippen molar-refractivity contribution in [2.24, 2.45) is 0 Å². The van der Waals surface area contributed by atoms with Gasteiger partial charge in [-0.25, -0.2) is 13.4 Å². The highest BCUT2D eigenvalue weighted by atomic mass is 79.9. The zero-order valence-electron chi connectivity index (χ0n) is 18.7. The largest absolute Gasteiger partial charge is 0.497 e. The van der Waals surface area contributed by atoms with Crippen LogP contribution in [0.1, 0.15) is 10.5 Å². The molecule has 0 unspecified atom stereocenters. The Hall–Kier alpha value is -3.83. The summed E-state index contributed by atoms with van der Waals surface area (Å²) < 4.78 is 39.9. The predicted octanol–water partition coefficient (Wildman–Crippen LogP) is 4.91. The number of H-pyrrole nitrogens is 1. The van der Waals surface area contributed by atoms with Gasteiger partial charge < -0.3 is 19.8 Å². The van der Waals surface area contributed by atoms with E-state index in [1.54, 1.807) is 49.6 Å². The maximum atomic E-state index is 13.0. The number of nitrogens with zero attached hydrogens (tertiary/aromatic N) is 1. The Balaban J connectivity index is 1.56. The molecular formula is C24H21BrN4O5S. The topological polar surface area (TPSA) is 122 Å². The van der Waals surface area contributed by atoms with Gasteiger partial charge in [0.15, 0.2) is 0 Å². The van der Waals surface area contributed by atoms with Gasteiger partial charge in [-0.1, -0.05) is 28.1 Å². The van der Waals surface area contributed by atoms with E-state index in [1.807, 2.05) is 12.1 Å². The zero-order valence-corrected chi connectivity index (χ0v) is 21.1. The number of aromatic nitrogens is 2. The third kappa shape index (κ3) is 5.64. The highest BCUT2D eigenvalue weighted by molar-refractivity contribution is 9.10. The number of halogens is 1. The van der Waals surface area contributed by atoms with Crippen molar-refractivity contribution < 1.29 is 22.7 Å². The molecule has 180 valence electrons. The van der Waals surface area contributed by atoms with Crippen LogP contribution in [0, 0.1) is 0 Å². The van der Waals surface area contributed by atoms with Crippen molar-refractivity contribution in [2.75, 3.05) is 24.3 Å². The van der Waals surface area contributed by atoms with Gasteiger partial charge in [0, 0.05) is 21.4 Å². The Morgan fingerprint density at radius 2 is 1.71 bits per heavy atom. The van der Waals surface area contributed by atoms with Crippen molar-refractivity contribution in [2.45, 2.75) is 4.90 Å². The molecule has 0 aliphatic heterocycles. The van der Waals surface area contributed by atoms with Gasteiger partial charge in [-0.05, 0) is 54.6 Å². The molecule has 1 heterocycles. The Kier molecular flexibility index (Phi) is 7.08. The van der Waals surface area contributed by atoms with Crippen molar-refractivity contribution >= 4 is 43.2 Å². The lowest BCUT2D eigenvalue weighted by Gasteiger charge is -2.13. The third-order valence-corrected chi connectivity index (χ3v) is 6.90. The highest BCUT2D eigenvalue weighted by Crippen LogP contribution is 2.29. The van der Waals surface area contributed by atoms with Gasteiger partial charge in [-0.2, -0.15) is 0 Å². The molecule has 1 amide bonds. The molecule has 3 aromatic carbocycles. The summed E-state index contributed by atoms with van der Waals surface area (Å²) in [6.07, 6.45) is 1.40. The van der Waals surface area contributed by atoms with E-state index < -0.39 is 15.9 Å². The lowest BCUT2D eigenvalue weighted by molar-refractivity contribution is 0.102. The number of nitrogens with one attached hydrogen (secondary N) is 3. The molecule has 35 heavy (non-hydrogen) atoms. The first-order valence-electron chi connectivity index (χ1n) is 10.3. The van der Waals surface area contributed by atoms with Gasteiger partial charge in [0.25, 0.3) is 15.9 Å². The van der Waals surface area contributed by atoms with Gasteiger partial charge in [0.2, 0.25) is 0 Å². The van der Waals surface area contributed by atoms with Gasteiger partial charge in [0.05, 0.1) is 20.4 Å². The molecule has 0 atom stereocenters. The van der Waals surface area contributed by atoms with E-state index in [1.165, 1.54) is 25.4 Å². The van der Waals surface area contributed by atoms with Gasteiger partial charge in [-0.3, -0.25) is 9.52 Å². The monoisotopic (exact) mass is 556 g/mol. The number of rotatable bonds is 8. The van der Waals surface area contributed by atoms with E-state index in [0.717, 1.165) is 10.0 Å². The summed E-state index contributed by atoms with van der Waals surface area (Å²) in [6, 6.07) is 18.3. The summed E-state index contributed by atoms with van der Waals surface area (Å²) in [5.41, 5.74) is 1.60. The number of aromatic amines is 1. The predicted molar refractivity (Wildman–Crippen MR) is 136 cm³/mol. The van der Waals surface area contributed by atoms with E-state index >= 15 is 0 Å². The van der Waals surface area contributed by atoms with E-state index in [2.05, 4.69) is 35.9 Å². The molecule has 9 nitrogen and oxygen atoms in total. The summed E-state index contributed by atoms with van der Waals surface area (Å²) in [4.78, 5) is 19.9. The molecule has 0 radical (unpaired) electrons. The van der Waals surface area contributed by atoms with Crippen LogP contribution in [0.4, 0.5) is 11.4 Å². The fraction of sp³-hybridized carbons (Fsp3) is 0.0833. The lowest BCUT2D eigenvalue weighted by Crippen LogP contribution is -2.16. The number of carbonyl (C=O) groups is 1. The van der Waals surface area contributed by atoms with Crippen molar-refractivity contribution in [3.8, 4) is 22.9 Å². The molecule has 0 aliphatic rings. The number of carbonyl (C=O) groups excluding carboxylic acids is 1. The van der Waals surface area contributed by atoms with E-state index in [9.17, 15) is 13.2 Å². The Morgan fingerprint density at radius 1 is 0.971 bits per heavy atom. The maximum absolute atomic E-state index is 13.0. The van der Waals surface area contributed by atoms with Crippen molar-refractivity contribution in [3.63, 3.8) is 0 Å². The zero-order chi connectivity index (χ0) is 25.0. The minimum absolute atomic E-state index is 0.123. The second kappa shape index (κ2) is 10.2. The molecule has 0 fully saturated rings. The number of ether oxygens (including phenoxy) is 2. The maximum Gasteiger partial charge on any atom is 0.273 e. The first-order chi connectivity index (χ1) is 16.8. The molecule has 1 aromatic heterocycles. The number of imidazole rings is 1. The first kappa shape index (κ1) is 24.3. The van der Waals surface area contributed by atoms with E-state index in [4.69, 9.17) is 9.47 Å². The number of amides is 1. The molecule has 0 spiro atoms. The molecule has 0 saturated carbocycles. The van der Waals surface area contributed by atoms with Crippen LogP contribution >= 0.6 is 15.9 Å². The molecule has 4 aromatic rings. The molecule has 3 N–H and O–H groups in total. The third-order valence-electron chi connectivity index (χ3n) is 4.97. The quantitative estimate of drug-likeness (QED) is 0.283. The summed E-state index contributed by atoms with van der Waals surface area (Å²) >= 11 is 3.32. The number of benzene rings is 3. The van der Waals surface area contributed by atoms with Crippen LogP contribution in [0.25, 0.3) is 11.4 Å². The number of hydrogen-bond acceptors (Lipinski definition) is 6. The molecular weight excluding hydrogens is 536 g/mol. The summed E-state index contributed by atoms with van der Waals surface area (Å²) in [6.45, 7) is 0. The smallest absolute Gasteiger partial charge is 0.273 e. The van der Waals surface area contributed by atoms with Crippen molar-refractivity contribution in [3.05, 3.63) is 83.1 Å². The summed E-state index contributed by atoms with van der Waals surface area (Å²) in [5.74, 6) is 0.801. The van der Waals surface area contributed by atoms with Gasteiger partial charge in [0.1, 0.15) is 27.9 Å². The summed E-state index contributed by atoms with van der Waals surface area (Å²) in [5, 5.41) is 2.69. The minimum atomic E-state index is -4.00. The highest BCUT2D eigenvalue weighted by Gasteiger charge is 2.21. The molecule has 0 saturated heterocycles. The Labute approximate surface area is 210 Å². The molecule has 4 rings (SSSR count). The second-order valence-electron chi connectivity index (χ2n) is 7.31. The normalized spacial score (nSPS) is 11.1. The number of methoxy groups -OCH3 is 2. The standard InChI is InChI=1S/C24H21BrN4O5S/c1-33-19-5-3-4-15(12-19)23-26-14-20(28-23)24(30)27-18-10-11-21(34-2)22(13-18)35(31,32)29-17-8-6-16(25)7-9-17/h3-14,29H,1-2H3,(H,26,28)(H,27,30). The van der Waals surface area contributed by atoms with Gasteiger partial charge >= 0.3 is 0 Å². The first-order valence-corrected chi connectivity index (χ1v) is 12.5. The Bertz CT molecular complexity index is 1470.